The summed E-state index contributed by atoms with van der Waals surface area (Å²) in [6, 6.07) is 6.84. The zero-order valence-corrected chi connectivity index (χ0v) is 36.5. The number of methoxy groups -OCH3 is 4. The number of rotatable bonds is 24. The molecule has 0 saturated heterocycles. The first-order chi connectivity index (χ1) is 23.7. The van der Waals surface area contributed by atoms with Crippen LogP contribution in [0.1, 0.15) is 45.6 Å². The summed E-state index contributed by atoms with van der Waals surface area (Å²) in [5, 5.41) is 12.8. The quantitative estimate of drug-likeness (QED) is 0.0869. The number of carboxylic acids is 1. The van der Waals surface area contributed by atoms with Gasteiger partial charge in [0.05, 0.1) is 6.61 Å². The molecule has 1 aromatic rings. The molecular weight excluding hydrogens is 840 g/mol. The zero-order chi connectivity index (χ0) is 37.4. The van der Waals surface area contributed by atoms with E-state index in [2.05, 4.69) is 5.32 Å². The van der Waals surface area contributed by atoms with Crippen LogP contribution in [0.25, 0.3) is 0 Å². The molecule has 52 heavy (non-hydrogen) atoms. The van der Waals surface area contributed by atoms with Gasteiger partial charge in [0.25, 0.3) is 0 Å². The molecule has 16 nitrogen and oxygen atoms in total. The van der Waals surface area contributed by atoms with Crippen molar-refractivity contribution < 1.29 is 137 Å². The molecule has 288 valence electrons. The first-order valence-electron chi connectivity index (χ1n) is 15.7. The summed E-state index contributed by atoms with van der Waals surface area (Å²) in [6.07, 6.45) is -1.11. The number of benzene rings is 1. The number of carbonyl (C=O) groups is 3. The van der Waals surface area contributed by atoms with Crippen molar-refractivity contribution >= 4 is 36.1 Å². The summed E-state index contributed by atoms with van der Waals surface area (Å²) in [5.41, 5.74) is -1.69. The van der Waals surface area contributed by atoms with Crippen molar-refractivity contribution in [2.45, 2.75) is 70.9 Å². The maximum atomic E-state index is 13.4. The molecule has 1 aromatic carbocycles. The minimum atomic E-state index is -1.69. The Morgan fingerprint density at radius 3 is 1.62 bits per heavy atom. The average Bonchev–Trinajstić information content (AvgIpc) is 3.08. The number of ether oxygens (including phenoxy) is 9. The van der Waals surface area contributed by atoms with Gasteiger partial charge in [-0.3, -0.25) is 17.4 Å². The third kappa shape index (κ3) is 15.5. The molecule has 0 bridgehead atoms. The second-order valence-electron chi connectivity index (χ2n) is 12.9. The van der Waals surface area contributed by atoms with Crippen molar-refractivity contribution in [3.63, 3.8) is 0 Å². The maximum Gasteiger partial charge on any atom is 0.338 e. The Labute approximate surface area is 355 Å². The molecule has 1 saturated carbocycles. The summed E-state index contributed by atoms with van der Waals surface area (Å²) in [4.78, 5) is 62.5. The van der Waals surface area contributed by atoms with E-state index in [1.807, 2.05) is 12.6 Å². The van der Waals surface area contributed by atoms with E-state index < -0.39 is 59.4 Å². The van der Waals surface area contributed by atoms with Gasteiger partial charge in [-0.15, -0.1) is 10.8 Å². The molecule has 1 aliphatic rings. The third-order valence-electron chi connectivity index (χ3n) is 8.11. The standard InChI is InChI=1S/C34H49NO15.2Y/c1-32(17-36)14-33(2,18-37)16-34(3,15-32)31(41)35-24-10-8-23(9-11-24)12-13-46-30(40)28(50-22-45-7)26(48-20-43-5)25(47-19-42-4)27(29(38)39)49-21-44-6;;/h8-11,25-28H,12-16,19-22H2,1-7H3,(H,35,41)(H,38,39);;/q-2;;. The van der Waals surface area contributed by atoms with E-state index in [0.717, 1.165) is 5.56 Å². The number of aliphatic carboxylic acids is 1. The Bertz CT molecular complexity index is 1230. The number of carbonyl (C=O) groups excluding carboxylic acids is 4. The first kappa shape index (κ1) is 50.9. The second-order valence-corrected chi connectivity index (χ2v) is 12.9. The minimum absolute atomic E-state index is 0. The molecule has 2 N–H and O–H groups in total. The predicted molar refractivity (Wildman–Crippen MR) is 174 cm³/mol. The van der Waals surface area contributed by atoms with Gasteiger partial charge >= 0.3 is 11.9 Å². The van der Waals surface area contributed by atoms with Crippen molar-refractivity contribution in [1.29, 1.82) is 0 Å². The summed E-state index contributed by atoms with van der Waals surface area (Å²) in [6.45, 7) is 3.45. The van der Waals surface area contributed by atoms with Gasteiger partial charge in [0.2, 0.25) is 5.91 Å². The molecule has 2 rings (SSSR count). The number of hydrogen-bond donors (Lipinski definition) is 2. The van der Waals surface area contributed by atoms with Crippen LogP contribution in [0.4, 0.5) is 5.69 Å². The fraction of sp³-hybridized carbons (Fsp3) is 0.676. The molecule has 0 aliphatic heterocycles. The summed E-state index contributed by atoms with van der Waals surface area (Å²) < 4.78 is 47.6. The first-order valence-corrected chi connectivity index (χ1v) is 15.7. The van der Waals surface area contributed by atoms with E-state index in [1.165, 1.54) is 28.4 Å². The molecule has 2 radical (unpaired) electrons. The molecule has 1 amide bonds. The number of amides is 1. The van der Waals surface area contributed by atoms with Crippen molar-refractivity contribution in [2.24, 2.45) is 16.2 Å². The van der Waals surface area contributed by atoms with Crippen LogP contribution >= 0.6 is 0 Å². The van der Waals surface area contributed by atoms with E-state index in [9.17, 15) is 29.1 Å². The number of anilines is 1. The molecular formula is C34H49NO15Y2-2. The third-order valence-corrected chi connectivity index (χ3v) is 8.11. The van der Waals surface area contributed by atoms with Crippen molar-refractivity contribution in [3.05, 3.63) is 29.8 Å². The van der Waals surface area contributed by atoms with Gasteiger partial charge in [0.1, 0.15) is 39.4 Å². The van der Waals surface area contributed by atoms with Gasteiger partial charge < -0.3 is 62.6 Å². The van der Waals surface area contributed by atoms with E-state index in [4.69, 9.17) is 42.6 Å². The molecule has 1 fully saturated rings. The van der Waals surface area contributed by atoms with Gasteiger partial charge in [0.15, 0.2) is 12.2 Å². The molecule has 0 aromatic heterocycles. The Kier molecular flexibility index (Phi) is 24.5. The second kappa shape index (κ2) is 25.1. The van der Waals surface area contributed by atoms with E-state index in [1.54, 1.807) is 45.0 Å². The number of esters is 1. The van der Waals surface area contributed by atoms with Crippen LogP contribution in [0.2, 0.25) is 0 Å². The van der Waals surface area contributed by atoms with Crippen molar-refractivity contribution in [3.8, 4) is 0 Å². The monoisotopic (exact) mass is 889 g/mol. The summed E-state index contributed by atoms with van der Waals surface area (Å²) in [5.74, 6) is -2.68. The van der Waals surface area contributed by atoms with Crippen LogP contribution in [0, 0.1) is 16.2 Å². The SMILES string of the molecule is COCOC(C(=O)O)C(OCOC)C(OCOC)C(OCOC)C(=O)OCCc1ccc(NC(=O)C2(C)CC(C)([C-]=O)CC(C)([C-]=O)C2)cc1.[Y].[Y]. The number of carboxylic acid groups (broad SMARTS) is 1. The molecule has 6 atom stereocenters. The van der Waals surface area contributed by atoms with Gasteiger partial charge in [-0.05, 0) is 17.7 Å². The molecule has 0 spiro atoms. The smallest absolute Gasteiger partial charge is 0.338 e. The Morgan fingerprint density at radius 1 is 0.731 bits per heavy atom. The van der Waals surface area contributed by atoms with E-state index in [-0.39, 0.29) is 124 Å². The Balaban J connectivity index is 0.0000130. The van der Waals surface area contributed by atoms with Gasteiger partial charge in [0, 0.05) is 111 Å². The van der Waals surface area contributed by atoms with Crippen LogP contribution in [0.3, 0.4) is 0 Å². The van der Waals surface area contributed by atoms with E-state index in [0.29, 0.717) is 5.69 Å². The van der Waals surface area contributed by atoms with Gasteiger partial charge in [-0.2, -0.15) is 0 Å². The van der Waals surface area contributed by atoms with Crippen LogP contribution < -0.4 is 5.32 Å². The Morgan fingerprint density at radius 2 is 1.17 bits per heavy atom. The number of nitrogens with one attached hydrogen (secondary N) is 1. The van der Waals surface area contributed by atoms with Crippen molar-refractivity contribution in [1.82, 2.24) is 0 Å². The maximum absolute atomic E-state index is 13.4. The fourth-order valence-electron chi connectivity index (χ4n) is 6.35. The summed E-state index contributed by atoms with van der Waals surface area (Å²) >= 11 is 0. The fourth-order valence-corrected chi connectivity index (χ4v) is 6.35. The average molecular weight is 890 g/mol. The van der Waals surface area contributed by atoms with Crippen LogP contribution in [-0.4, -0.2) is 122 Å². The van der Waals surface area contributed by atoms with Crippen LogP contribution in [-0.2, 0) is 138 Å². The van der Waals surface area contributed by atoms with Crippen LogP contribution in [0.5, 0.6) is 0 Å². The predicted octanol–water partition coefficient (Wildman–Crippen LogP) is 2.17. The van der Waals surface area contributed by atoms with E-state index >= 15 is 0 Å². The van der Waals surface area contributed by atoms with Crippen LogP contribution in [0.15, 0.2) is 24.3 Å². The number of hydrogen-bond acceptors (Lipinski definition) is 14. The zero-order valence-electron chi connectivity index (χ0n) is 30.8. The molecule has 1 aliphatic carbocycles. The van der Waals surface area contributed by atoms with Gasteiger partial charge in [-0.25, -0.2) is 9.59 Å². The molecule has 18 heteroatoms. The van der Waals surface area contributed by atoms with Gasteiger partial charge in [-0.1, -0.05) is 52.2 Å². The van der Waals surface area contributed by atoms with Crippen molar-refractivity contribution in [2.75, 3.05) is 67.5 Å². The molecule has 0 heterocycles. The normalized spacial score (nSPS) is 23.4. The Hall–Kier alpha value is -1.14. The largest absolute Gasteiger partial charge is 0.541 e. The minimum Gasteiger partial charge on any atom is -0.541 e. The topological polar surface area (TPSA) is 201 Å². The molecule has 6 unspecified atom stereocenters. The summed E-state index contributed by atoms with van der Waals surface area (Å²) in [7, 11) is 5.29.